The zero-order chi connectivity index (χ0) is 22.4. The van der Waals surface area contributed by atoms with Crippen LogP contribution in [0.25, 0.3) is 22.8 Å². The van der Waals surface area contributed by atoms with Crippen LogP contribution in [0.1, 0.15) is 21.5 Å². The number of nitrogens with one attached hydrogen (secondary N) is 2. The van der Waals surface area contributed by atoms with Gasteiger partial charge in [-0.3, -0.25) is 4.79 Å². The minimum atomic E-state index is -0.179. The van der Waals surface area contributed by atoms with E-state index in [1.54, 1.807) is 17.0 Å². The molecule has 3 aliphatic heterocycles. The molecule has 0 radical (unpaired) electrons. The highest BCUT2D eigenvalue weighted by atomic mass is 16.7. The number of morpholine rings is 1. The summed E-state index contributed by atoms with van der Waals surface area (Å²) in [6, 6.07) is 11.1. The molecule has 3 aliphatic rings. The Morgan fingerprint density at radius 1 is 1.06 bits per heavy atom. The van der Waals surface area contributed by atoms with Gasteiger partial charge in [-0.05, 0) is 35.4 Å². The van der Waals surface area contributed by atoms with Crippen molar-refractivity contribution in [1.29, 1.82) is 0 Å². The van der Waals surface area contributed by atoms with E-state index in [0.717, 1.165) is 45.1 Å². The number of carbonyl (C=O) groups excluding carboxylic acids is 1. The van der Waals surface area contributed by atoms with Crippen LogP contribution in [0.4, 0.5) is 5.82 Å². The summed E-state index contributed by atoms with van der Waals surface area (Å²) in [5, 5.41) is 13.8. The maximum atomic E-state index is 13.0. The number of aromatic hydroxyl groups is 1. The molecule has 0 bridgehead atoms. The molecule has 0 spiro atoms. The Hall–Kier alpha value is -3.91. The van der Waals surface area contributed by atoms with E-state index in [9.17, 15) is 9.90 Å². The van der Waals surface area contributed by atoms with Gasteiger partial charge in [-0.1, -0.05) is 18.2 Å². The first-order valence-corrected chi connectivity index (χ1v) is 10.9. The number of fused-ring (bicyclic) bond motifs is 2. The van der Waals surface area contributed by atoms with Crippen LogP contribution in [0, 0.1) is 0 Å². The standard InChI is InChI=1S/C25H23N3O5/c29-21-5-4-15(10-19(21)25(30)28-6-8-31-9-7-28)16-11-18-20(13-27-24(18)26-12-16)17-2-1-3-22-23(17)33-14-32-22/h1-5,10-11,13,26-27,29H,6-9,12,14H2. The largest absolute Gasteiger partial charge is 0.507 e. The third-order valence-electron chi connectivity index (χ3n) is 6.28. The zero-order valence-corrected chi connectivity index (χ0v) is 17.9. The van der Waals surface area contributed by atoms with Crippen LogP contribution in [0.2, 0.25) is 0 Å². The zero-order valence-electron chi connectivity index (χ0n) is 17.9. The maximum Gasteiger partial charge on any atom is 0.257 e. The highest BCUT2D eigenvalue weighted by Crippen LogP contribution is 2.45. The Morgan fingerprint density at radius 3 is 2.82 bits per heavy atom. The van der Waals surface area contributed by atoms with Gasteiger partial charge < -0.3 is 34.5 Å². The van der Waals surface area contributed by atoms with Gasteiger partial charge >= 0.3 is 0 Å². The number of H-pyrrole nitrogens is 1. The fourth-order valence-electron chi connectivity index (χ4n) is 4.53. The molecule has 3 N–H and O–H groups in total. The summed E-state index contributed by atoms with van der Waals surface area (Å²) in [5.74, 6) is 2.21. The van der Waals surface area contributed by atoms with Gasteiger partial charge in [-0.15, -0.1) is 0 Å². The van der Waals surface area contributed by atoms with E-state index in [1.165, 1.54) is 0 Å². The summed E-state index contributed by atoms with van der Waals surface area (Å²) >= 11 is 0. The first-order valence-electron chi connectivity index (χ1n) is 10.9. The number of nitrogens with zero attached hydrogens (tertiary/aromatic N) is 1. The van der Waals surface area contributed by atoms with Crippen LogP contribution >= 0.6 is 0 Å². The molecule has 4 heterocycles. The molecule has 1 amide bonds. The normalized spacial score (nSPS) is 16.7. The fourth-order valence-corrected chi connectivity index (χ4v) is 4.53. The van der Waals surface area contributed by atoms with Gasteiger partial charge in [0.15, 0.2) is 11.5 Å². The summed E-state index contributed by atoms with van der Waals surface area (Å²) in [6.07, 6.45) is 4.07. The summed E-state index contributed by atoms with van der Waals surface area (Å²) in [4.78, 5) is 18.0. The van der Waals surface area contributed by atoms with E-state index in [2.05, 4.69) is 16.4 Å². The Labute approximate surface area is 190 Å². The predicted octanol–water partition coefficient (Wildman–Crippen LogP) is 3.55. The topological polar surface area (TPSA) is 96.0 Å². The van der Waals surface area contributed by atoms with Crippen molar-refractivity contribution < 1.29 is 24.1 Å². The quantitative estimate of drug-likeness (QED) is 0.571. The molecular weight excluding hydrogens is 422 g/mol. The number of phenolic OH excluding ortho intramolecular Hbond substituents is 1. The minimum absolute atomic E-state index is 0.0142. The first kappa shape index (κ1) is 19.8. The molecule has 8 nitrogen and oxygen atoms in total. The molecule has 8 heteroatoms. The molecule has 33 heavy (non-hydrogen) atoms. The van der Waals surface area contributed by atoms with E-state index in [-0.39, 0.29) is 18.4 Å². The van der Waals surface area contributed by atoms with Gasteiger partial charge in [0.1, 0.15) is 11.6 Å². The minimum Gasteiger partial charge on any atom is -0.507 e. The maximum absolute atomic E-state index is 13.0. The first-order chi connectivity index (χ1) is 16.2. The number of anilines is 1. The fraction of sp³-hybridized carbons (Fsp3) is 0.240. The van der Waals surface area contributed by atoms with Crippen molar-refractivity contribution in [3.63, 3.8) is 0 Å². The van der Waals surface area contributed by atoms with Crippen LogP contribution in [0.15, 0.2) is 42.6 Å². The number of hydrogen-bond donors (Lipinski definition) is 3. The average Bonchev–Trinajstić information content (AvgIpc) is 3.51. The third-order valence-corrected chi connectivity index (χ3v) is 6.28. The molecule has 0 unspecified atom stereocenters. The van der Waals surface area contributed by atoms with Crippen molar-refractivity contribution in [2.75, 3.05) is 45.0 Å². The van der Waals surface area contributed by atoms with E-state index < -0.39 is 0 Å². The number of phenols is 1. The Morgan fingerprint density at radius 2 is 1.94 bits per heavy atom. The number of carbonyl (C=O) groups is 1. The second-order valence-corrected chi connectivity index (χ2v) is 8.19. The van der Waals surface area contributed by atoms with Crippen molar-refractivity contribution >= 4 is 23.4 Å². The Balaban J connectivity index is 1.37. The molecular formula is C25H23N3O5. The third kappa shape index (κ3) is 3.39. The summed E-state index contributed by atoms with van der Waals surface area (Å²) in [6.45, 7) is 2.88. The van der Waals surface area contributed by atoms with Gasteiger partial charge in [-0.2, -0.15) is 0 Å². The lowest BCUT2D eigenvalue weighted by Crippen LogP contribution is -2.40. The summed E-state index contributed by atoms with van der Waals surface area (Å²) < 4.78 is 16.6. The van der Waals surface area contributed by atoms with Crippen LogP contribution < -0.4 is 14.8 Å². The molecule has 3 aromatic rings. The van der Waals surface area contributed by atoms with E-state index in [0.29, 0.717) is 38.4 Å². The number of hydrogen-bond acceptors (Lipinski definition) is 6. The van der Waals surface area contributed by atoms with E-state index in [1.807, 2.05) is 30.5 Å². The number of amides is 1. The molecule has 0 saturated carbocycles. The van der Waals surface area contributed by atoms with Crippen molar-refractivity contribution in [2.45, 2.75) is 0 Å². The van der Waals surface area contributed by atoms with Crippen molar-refractivity contribution in [3.8, 4) is 28.4 Å². The molecule has 6 rings (SSSR count). The van der Waals surface area contributed by atoms with Gasteiger partial charge in [0.25, 0.3) is 5.91 Å². The van der Waals surface area contributed by atoms with Gasteiger partial charge in [0.05, 0.1) is 18.8 Å². The van der Waals surface area contributed by atoms with Gasteiger partial charge in [-0.25, -0.2) is 0 Å². The highest BCUT2D eigenvalue weighted by Gasteiger charge is 2.25. The van der Waals surface area contributed by atoms with Crippen LogP contribution in [0.5, 0.6) is 17.2 Å². The predicted molar refractivity (Wildman–Crippen MR) is 124 cm³/mol. The van der Waals surface area contributed by atoms with Crippen LogP contribution in [-0.2, 0) is 4.74 Å². The van der Waals surface area contributed by atoms with Crippen LogP contribution in [-0.4, -0.2) is 60.5 Å². The van der Waals surface area contributed by atoms with E-state index >= 15 is 0 Å². The lowest BCUT2D eigenvalue weighted by molar-refractivity contribution is 0.0301. The molecule has 1 fully saturated rings. The lowest BCUT2D eigenvalue weighted by atomic mass is 9.95. The molecule has 2 aromatic carbocycles. The SMILES string of the molecule is O=C(c1cc(C2=Cc3c(-c4cccc5c4OCO5)c[nH]c3NC2)ccc1O)N1CCOCC1. The van der Waals surface area contributed by atoms with Gasteiger partial charge in [0.2, 0.25) is 6.79 Å². The van der Waals surface area contributed by atoms with Crippen LogP contribution in [0.3, 0.4) is 0 Å². The van der Waals surface area contributed by atoms with Crippen molar-refractivity contribution in [3.05, 3.63) is 59.3 Å². The monoisotopic (exact) mass is 445 g/mol. The second kappa shape index (κ2) is 7.90. The number of ether oxygens (including phenoxy) is 3. The molecule has 0 atom stereocenters. The number of aromatic nitrogens is 1. The number of para-hydroxylation sites is 1. The highest BCUT2D eigenvalue weighted by molar-refractivity contribution is 6.00. The Bertz CT molecular complexity index is 1270. The molecule has 1 aromatic heterocycles. The Kier molecular flexibility index (Phi) is 4.73. The summed E-state index contributed by atoms with van der Waals surface area (Å²) in [7, 11) is 0. The van der Waals surface area contributed by atoms with Crippen molar-refractivity contribution in [1.82, 2.24) is 9.88 Å². The number of benzene rings is 2. The molecule has 0 aliphatic carbocycles. The summed E-state index contributed by atoms with van der Waals surface area (Å²) in [5.41, 5.74) is 5.17. The van der Waals surface area contributed by atoms with E-state index in [4.69, 9.17) is 14.2 Å². The lowest BCUT2D eigenvalue weighted by Gasteiger charge is -2.27. The molecule has 168 valence electrons. The second-order valence-electron chi connectivity index (χ2n) is 8.19. The average molecular weight is 445 g/mol. The number of rotatable bonds is 3. The number of aromatic amines is 1. The molecule has 1 saturated heterocycles. The van der Waals surface area contributed by atoms with Gasteiger partial charge in [0, 0.05) is 42.5 Å². The smallest absolute Gasteiger partial charge is 0.257 e. The van der Waals surface area contributed by atoms with Crippen molar-refractivity contribution in [2.24, 2.45) is 0 Å².